The summed E-state index contributed by atoms with van der Waals surface area (Å²) in [5.41, 5.74) is 4.90. The molecule has 0 unspecified atom stereocenters. The molecular formula is C31H37ClN6O2. The lowest BCUT2D eigenvalue weighted by Crippen LogP contribution is -2.29. The number of furan rings is 1. The lowest BCUT2D eigenvalue weighted by molar-refractivity contribution is -0.111. The molecule has 2 heterocycles. The second kappa shape index (κ2) is 13.0. The van der Waals surface area contributed by atoms with Gasteiger partial charge < -0.3 is 24.9 Å². The van der Waals surface area contributed by atoms with Crippen LogP contribution >= 0.6 is 12.4 Å². The van der Waals surface area contributed by atoms with Crippen LogP contribution in [-0.2, 0) is 4.79 Å². The Morgan fingerprint density at radius 3 is 2.50 bits per heavy atom. The first kappa shape index (κ1) is 29.1. The van der Waals surface area contributed by atoms with Crippen LogP contribution in [0.4, 0.5) is 17.2 Å². The fourth-order valence-electron chi connectivity index (χ4n) is 5.15. The quantitative estimate of drug-likeness (QED) is 0.215. The highest BCUT2D eigenvalue weighted by Gasteiger charge is 2.25. The number of fused-ring (bicyclic) bond motifs is 1. The van der Waals surface area contributed by atoms with Gasteiger partial charge >= 0.3 is 0 Å². The maximum absolute atomic E-state index is 12.5. The van der Waals surface area contributed by atoms with E-state index in [1.807, 2.05) is 63.6 Å². The first-order valence-electron chi connectivity index (χ1n) is 13.5. The predicted octanol–water partition coefficient (Wildman–Crippen LogP) is 6.46. The Kier molecular flexibility index (Phi) is 9.45. The Balaban J connectivity index is 0.00000370. The molecule has 4 aromatic rings. The minimum absolute atomic E-state index is 0. The fraction of sp³-hybridized carbons (Fsp3) is 0.323. The summed E-state index contributed by atoms with van der Waals surface area (Å²) < 4.78 is 6.42. The van der Waals surface area contributed by atoms with E-state index in [9.17, 15) is 4.79 Å². The highest BCUT2D eigenvalue weighted by Crippen LogP contribution is 2.44. The van der Waals surface area contributed by atoms with E-state index in [-0.39, 0.29) is 18.3 Å². The van der Waals surface area contributed by atoms with E-state index >= 15 is 0 Å². The van der Waals surface area contributed by atoms with Gasteiger partial charge in [-0.05, 0) is 50.7 Å². The number of nitrogens with one attached hydrogen (secondary N) is 2. The molecule has 2 aromatic heterocycles. The summed E-state index contributed by atoms with van der Waals surface area (Å²) >= 11 is 0. The number of halogens is 1. The molecule has 2 aromatic carbocycles. The summed E-state index contributed by atoms with van der Waals surface area (Å²) in [6, 6.07) is 16.5. The van der Waals surface area contributed by atoms with Gasteiger partial charge in [0, 0.05) is 37.3 Å². The van der Waals surface area contributed by atoms with Crippen molar-refractivity contribution in [3.8, 4) is 22.5 Å². The van der Waals surface area contributed by atoms with Gasteiger partial charge in [0.15, 0.2) is 0 Å². The van der Waals surface area contributed by atoms with Gasteiger partial charge in [-0.25, -0.2) is 9.97 Å². The zero-order valence-corrected chi connectivity index (χ0v) is 24.1. The number of amides is 1. The number of aromatic nitrogens is 2. The lowest BCUT2D eigenvalue weighted by atomic mass is 9.98. The number of hydrogen-bond donors (Lipinski definition) is 2. The Hall–Kier alpha value is -3.88. The van der Waals surface area contributed by atoms with Gasteiger partial charge in [-0.2, -0.15) is 0 Å². The topological polar surface area (TPSA) is 86.5 Å². The second-order valence-corrected chi connectivity index (χ2v) is 10.4. The van der Waals surface area contributed by atoms with Crippen LogP contribution in [0.15, 0.2) is 71.9 Å². The minimum Gasteiger partial charge on any atom is -0.437 e. The van der Waals surface area contributed by atoms with E-state index in [2.05, 4.69) is 43.0 Å². The molecule has 210 valence electrons. The summed E-state index contributed by atoms with van der Waals surface area (Å²) in [5, 5.41) is 7.53. The van der Waals surface area contributed by atoms with Crippen LogP contribution in [0.3, 0.4) is 0 Å². The molecule has 1 aliphatic rings. The molecule has 0 bridgehead atoms. The smallest absolute Gasteiger partial charge is 0.247 e. The standard InChI is InChI=1S/C31H36N6O2.ClH/c1-5-26(38)35-24-19-22(15-16-25(24)37(4)18-17-36(2)3)27-28-30(34-23-13-9-10-14-23)32-20-33-31(28)39-29(27)21-11-7-6-8-12-21;/h5-8,11-12,15-16,19-20,23H,1,9-10,13-14,17-18H2,2-4H3,(H,35,38)(H,32,33,34);1H. The Labute approximate surface area is 241 Å². The summed E-state index contributed by atoms with van der Waals surface area (Å²) in [4.78, 5) is 25.9. The Morgan fingerprint density at radius 2 is 1.80 bits per heavy atom. The summed E-state index contributed by atoms with van der Waals surface area (Å²) in [6.45, 7) is 5.33. The van der Waals surface area contributed by atoms with E-state index in [4.69, 9.17) is 4.42 Å². The van der Waals surface area contributed by atoms with E-state index < -0.39 is 0 Å². The van der Waals surface area contributed by atoms with Gasteiger partial charge in [0.25, 0.3) is 0 Å². The summed E-state index contributed by atoms with van der Waals surface area (Å²) in [7, 11) is 6.12. The van der Waals surface area contributed by atoms with Crippen LogP contribution in [0, 0.1) is 0 Å². The molecule has 0 spiro atoms. The third-order valence-corrected chi connectivity index (χ3v) is 7.24. The predicted molar refractivity (Wildman–Crippen MR) is 166 cm³/mol. The van der Waals surface area contributed by atoms with E-state index in [0.717, 1.165) is 65.3 Å². The van der Waals surface area contributed by atoms with E-state index in [1.54, 1.807) is 6.33 Å². The Bertz CT molecular complexity index is 1460. The molecule has 0 radical (unpaired) electrons. The summed E-state index contributed by atoms with van der Waals surface area (Å²) in [5.74, 6) is 1.23. The number of nitrogens with zero attached hydrogens (tertiary/aromatic N) is 4. The number of anilines is 3. The zero-order chi connectivity index (χ0) is 27.4. The van der Waals surface area contributed by atoms with Crippen molar-refractivity contribution in [2.24, 2.45) is 0 Å². The monoisotopic (exact) mass is 560 g/mol. The maximum atomic E-state index is 12.5. The normalized spacial score (nSPS) is 13.3. The molecule has 5 rings (SSSR count). The van der Waals surface area contributed by atoms with Gasteiger partial charge in [-0.1, -0.05) is 55.8 Å². The zero-order valence-electron chi connectivity index (χ0n) is 23.3. The molecule has 1 saturated carbocycles. The fourth-order valence-corrected chi connectivity index (χ4v) is 5.15. The molecule has 2 N–H and O–H groups in total. The molecular weight excluding hydrogens is 524 g/mol. The number of benzene rings is 2. The number of likely N-dealkylation sites (N-methyl/N-ethyl adjacent to an activating group) is 2. The van der Waals surface area contributed by atoms with Crippen molar-refractivity contribution in [1.82, 2.24) is 14.9 Å². The SMILES string of the molecule is C=CC(=O)Nc1cc(-c2c(-c3ccccc3)oc3ncnc(NC4CCCC4)c23)ccc1N(C)CCN(C)C.Cl. The number of carbonyl (C=O) groups is 1. The number of hydrogen-bond acceptors (Lipinski definition) is 7. The Morgan fingerprint density at radius 1 is 1.05 bits per heavy atom. The van der Waals surface area contributed by atoms with Crippen molar-refractivity contribution in [1.29, 1.82) is 0 Å². The first-order chi connectivity index (χ1) is 18.9. The minimum atomic E-state index is -0.262. The average Bonchev–Trinajstić information content (AvgIpc) is 3.60. The van der Waals surface area contributed by atoms with Crippen molar-refractivity contribution in [2.45, 2.75) is 31.7 Å². The molecule has 0 atom stereocenters. The van der Waals surface area contributed by atoms with Gasteiger partial charge in [-0.3, -0.25) is 4.79 Å². The maximum Gasteiger partial charge on any atom is 0.247 e. The molecule has 8 nitrogen and oxygen atoms in total. The van der Waals surface area contributed by atoms with Crippen molar-refractivity contribution in [2.75, 3.05) is 49.8 Å². The summed E-state index contributed by atoms with van der Waals surface area (Å²) in [6.07, 6.45) is 7.52. The van der Waals surface area contributed by atoms with Crippen LogP contribution in [0.2, 0.25) is 0 Å². The lowest BCUT2D eigenvalue weighted by Gasteiger charge is -2.25. The van der Waals surface area contributed by atoms with Crippen LogP contribution in [0.25, 0.3) is 33.6 Å². The van der Waals surface area contributed by atoms with Crippen LogP contribution in [-0.4, -0.2) is 61.0 Å². The molecule has 9 heteroatoms. The van der Waals surface area contributed by atoms with Gasteiger partial charge in [0.2, 0.25) is 11.6 Å². The van der Waals surface area contributed by atoms with Gasteiger partial charge in [0.05, 0.1) is 16.8 Å². The third-order valence-electron chi connectivity index (χ3n) is 7.24. The molecule has 1 fully saturated rings. The van der Waals surface area contributed by atoms with Crippen LogP contribution in [0.5, 0.6) is 0 Å². The van der Waals surface area contributed by atoms with Crippen LogP contribution in [0.1, 0.15) is 25.7 Å². The molecule has 1 aliphatic carbocycles. The molecule has 0 aliphatic heterocycles. The third kappa shape index (κ3) is 6.29. The first-order valence-corrected chi connectivity index (χ1v) is 13.5. The highest BCUT2D eigenvalue weighted by molar-refractivity contribution is 6.08. The average molecular weight is 561 g/mol. The van der Waals surface area contributed by atoms with Gasteiger partial charge in [-0.15, -0.1) is 12.4 Å². The molecule has 40 heavy (non-hydrogen) atoms. The number of carbonyl (C=O) groups excluding carboxylic acids is 1. The largest absolute Gasteiger partial charge is 0.437 e. The number of rotatable bonds is 10. The molecule has 0 saturated heterocycles. The van der Waals surface area contributed by atoms with Crippen molar-refractivity contribution < 1.29 is 9.21 Å². The van der Waals surface area contributed by atoms with Crippen molar-refractivity contribution in [3.63, 3.8) is 0 Å². The molecule has 1 amide bonds. The van der Waals surface area contributed by atoms with E-state index in [0.29, 0.717) is 17.4 Å². The van der Waals surface area contributed by atoms with Crippen molar-refractivity contribution >= 4 is 46.6 Å². The van der Waals surface area contributed by atoms with Gasteiger partial charge in [0.1, 0.15) is 17.9 Å². The van der Waals surface area contributed by atoms with E-state index in [1.165, 1.54) is 18.9 Å². The van der Waals surface area contributed by atoms with Crippen molar-refractivity contribution in [3.05, 3.63) is 67.5 Å². The second-order valence-electron chi connectivity index (χ2n) is 10.4. The highest BCUT2D eigenvalue weighted by atomic mass is 35.5. The van der Waals surface area contributed by atoms with Crippen LogP contribution < -0.4 is 15.5 Å².